The topological polar surface area (TPSA) is 97.5 Å². The number of hydrogen-bond donors (Lipinski definition) is 1. The van der Waals surface area contributed by atoms with Crippen LogP contribution in [0.5, 0.6) is 0 Å². The Labute approximate surface area is 129 Å². The summed E-state index contributed by atoms with van der Waals surface area (Å²) in [5.41, 5.74) is 6.62. The number of nitrogens with two attached hydrogens (primary N) is 1. The molecule has 6 nitrogen and oxygen atoms in total. The second kappa shape index (κ2) is 6.17. The summed E-state index contributed by atoms with van der Waals surface area (Å²) < 4.78 is 0. The van der Waals surface area contributed by atoms with Crippen LogP contribution < -0.4 is 5.73 Å². The molecule has 7 heteroatoms. The molecule has 0 aliphatic carbocycles. The fraction of sp³-hybridized carbons (Fsp3) is 0.286. The summed E-state index contributed by atoms with van der Waals surface area (Å²) in [6, 6.07) is 3.80. The highest BCUT2D eigenvalue weighted by atomic mass is 79.9. The fourth-order valence-corrected chi connectivity index (χ4v) is 2.65. The number of halogens is 1. The van der Waals surface area contributed by atoms with Crippen LogP contribution in [0.25, 0.3) is 0 Å². The lowest BCUT2D eigenvalue weighted by Gasteiger charge is -2.22. The van der Waals surface area contributed by atoms with Crippen molar-refractivity contribution >= 4 is 39.9 Å². The molecular weight excluding hydrogens is 340 g/mol. The van der Waals surface area contributed by atoms with Crippen molar-refractivity contribution in [3.05, 3.63) is 34.9 Å². The molecular formula is C14H13BrN2O4. The molecule has 110 valence electrons. The number of aldehydes is 1. The van der Waals surface area contributed by atoms with Gasteiger partial charge in [-0.25, -0.2) is 0 Å². The van der Waals surface area contributed by atoms with Gasteiger partial charge in [-0.15, -0.1) is 0 Å². The maximum Gasteiger partial charge on any atom is 0.262 e. The van der Waals surface area contributed by atoms with Crippen molar-refractivity contribution in [2.75, 3.05) is 0 Å². The number of fused-ring (bicyclic) bond motifs is 1. The first-order chi connectivity index (χ1) is 10.0. The molecule has 0 fully saturated rings. The van der Waals surface area contributed by atoms with Crippen LogP contribution in [0, 0.1) is 0 Å². The second-order valence-corrected chi connectivity index (χ2v) is 5.22. The summed E-state index contributed by atoms with van der Waals surface area (Å²) in [6.45, 7) is 0. The summed E-state index contributed by atoms with van der Waals surface area (Å²) in [5.74, 6) is -1.90. The fourth-order valence-electron chi connectivity index (χ4n) is 2.30. The number of hydrogen-bond acceptors (Lipinski definition) is 4. The molecule has 2 N–H and O–H groups in total. The summed E-state index contributed by atoms with van der Waals surface area (Å²) in [7, 11) is 0. The van der Waals surface area contributed by atoms with E-state index in [1.54, 1.807) is 18.2 Å². The normalized spacial score (nSPS) is 15.0. The van der Waals surface area contributed by atoms with E-state index in [0.29, 0.717) is 11.6 Å². The van der Waals surface area contributed by atoms with Gasteiger partial charge in [-0.3, -0.25) is 19.3 Å². The zero-order valence-electron chi connectivity index (χ0n) is 11.0. The standard InChI is InChI=1S/C14H13BrN2O4/c15-7-8-3-4-9-10(6-8)14(21)17(13(9)20)11(12(16)19)2-1-5-18/h3-6,11H,1-2,7H2,(H2,16,19). The van der Waals surface area contributed by atoms with Gasteiger partial charge in [-0.2, -0.15) is 0 Å². The molecule has 0 saturated heterocycles. The zero-order valence-corrected chi connectivity index (χ0v) is 12.6. The molecule has 1 unspecified atom stereocenters. The molecule has 1 aliphatic rings. The smallest absolute Gasteiger partial charge is 0.262 e. The first kappa shape index (κ1) is 15.4. The molecule has 2 rings (SSSR count). The molecule has 3 amide bonds. The van der Waals surface area contributed by atoms with Gasteiger partial charge < -0.3 is 10.5 Å². The summed E-state index contributed by atoms with van der Waals surface area (Å²) in [4.78, 5) is 47.5. The van der Waals surface area contributed by atoms with Gasteiger partial charge in [0.05, 0.1) is 11.1 Å². The first-order valence-electron chi connectivity index (χ1n) is 6.31. The Morgan fingerprint density at radius 3 is 2.52 bits per heavy atom. The lowest BCUT2D eigenvalue weighted by molar-refractivity contribution is -0.122. The van der Waals surface area contributed by atoms with Crippen LogP contribution in [0.3, 0.4) is 0 Å². The lowest BCUT2D eigenvalue weighted by atomic mass is 10.1. The number of carbonyl (C=O) groups excluding carboxylic acids is 4. The summed E-state index contributed by atoms with van der Waals surface area (Å²) in [5, 5.41) is 0.548. The van der Waals surface area contributed by atoms with Gasteiger partial charge in [-0.05, 0) is 24.1 Å². The molecule has 1 aromatic carbocycles. The second-order valence-electron chi connectivity index (χ2n) is 4.66. The monoisotopic (exact) mass is 352 g/mol. The quantitative estimate of drug-likeness (QED) is 0.469. The molecule has 0 radical (unpaired) electrons. The molecule has 1 heterocycles. The predicted molar refractivity (Wildman–Crippen MR) is 77.9 cm³/mol. The average molecular weight is 353 g/mol. The molecule has 0 saturated carbocycles. The first-order valence-corrected chi connectivity index (χ1v) is 7.43. The Morgan fingerprint density at radius 1 is 1.29 bits per heavy atom. The van der Waals surface area contributed by atoms with Crippen molar-refractivity contribution in [3.63, 3.8) is 0 Å². The molecule has 0 aromatic heterocycles. The average Bonchev–Trinajstić information content (AvgIpc) is 2.72. The number of benzene rings is 1. The van der Waals surface area contributed by atoms with E-state index in [9.17, 15) is 19.2 Å². The molecule has 0 bridgehead atoms. The largest absolute Gasteiger partial charge is 0.368 e. The third-order valence-electron chi connectivity index (χ3n) is 3.33. The van der Waals surface area contributed by atoms with Gasteiger partial charge in [0, 0.05) is 11.8 Å². The van der Waals surface area contributed by atoms with E-state index in [-0.39, 0.29) is 24.0 Å². The zero-order chi connectivity index (χ0) is 15.6. The summed E-state index contributed by atoms with van der Waals surface area (Å²) >= 11 is 3.28. The number of rotatable bonds is 6. The molecule has 21 heavy (non-hydrogen) atoms. The minimum Gasteiger partial charge on any atom is -0.368 e. The highest BCUT2D eigenvalue weighted by molar-refractivity contribution is 9.08. The van der Waals surface area contributed by atoms with Gasteiger partial charge >= 0.3 is 0 Å². The van der Waals surface area contributed by atoms with Gasteiger partial charge in [0.2, 0.25) is 5.91 Å². The van der Waals surface area contributed by atoms with E-state index in [4.69, 9.17) is 5.73 Å². The van der Waals surface area contributed by atoms with E-state index in [0.717, 1.165) is 10.5 Å². The van der Waals surface area contributed by atoms with Crippen LogP contribution >= 0.6 is 15.9 Å². The van der Waals surface area contributed by atoms with Gasteiger partial charge in [0.25, 0.3) is 11.8 Å². The van der Waals surface area contributed by atoms with Crippen molar-refractivity contribution in [3.8, 4) is 0 Å². The highest BCUT2D eigenvalue weighted by Crippen LogP contribution is 2.27. The van der Waals surface area contributed by atoms with E-state index >= 15 is 0 Å². The molecule has 1 aliphatic heterocycles. The predicted octanol–water partition coefficient (Wildman–Crippen LogP) is 1.01. The van der Waals surface area contributed by atoms with Crippen LogP contribution in [0.4, 0.5) is 0 Å². The minimum atomic E-state index is -1.10. The molecule has 1 atom stereocenters. The Bertz CT molecular complexity index is 629. The van der Waals surface area contributed by atoms with Crippen LogP contribution in [0.1, 0.15) is 39.1 Å². The molecule has 0 spiro atoms. The maximum absolute atomic E-state index is 12.4. The van der Waals surface area contributed by atoms with E-state index in [1.165, 1.54) is 0 Å². The van der Waals surface area contributed by atoms with E-state index in [2.05, 4.69) is 15.9 Å². The van der Waals surface area contributed by atoms with Crippen LogP contribution in [0.2, 0.25) is 0 Å². The van der Waals surface area contributed by atoms with Crippen molar-refractivity contribution in [1.29, 1.82) is 0 Å². The van der Waals surface area contributed by atoms with E-state index in [1.807, 2.05) is 0 Å². The van der Waals surface area contributed by atoms with E-state index < -0.39 is 23.8 Å². The Balaban J connectivity index is 2.39. The van der Waals surface area contributed by atoms with Crippen LogP contribution in [0.15, 0.2) is 18.2 Å². The molecule has 1 aromatic rings. The number of carbonyl (C=O) groups is 4. The number of nitrogens with zero attached hydrogens (tertiary/aromatic N) is 1. The Kier molecular flexibility index (Phi) is 4.52. The van der Waals surface area contributed by atoms with Gasteiger partial charge in [0.1, 0.15) is 12.3 Å². The third-order valence-corrected chi connectivity index (χ3v) is 3.98. The minimum absolute atomic E-state index is 0.0373. The van der Waals surface area contributed by atoms with Crippen LogP contribution in [-0.2, 0) is 14.9 Å². The van der Waals surface area contributed by atoms with Gasteiger partial charge in [0.15, 0.2) is 0 Å². The van der Waals surface area contributed by atoms with Crippen LogP contribution in [-0.4, -0.2) is 34.9 Å². The number of primary amides is 1. The number of alkyl halides is 1. The van der Waals surface area contributed by atoms with Crippen molar-refractivity contribution in [2.24, 2.45) is 5.73 Å². The number of imide groups is 1. The third kappa shape index (κ3) is 2.73. The SMILES string of the molecule is NC(=O)C(CCC=O)N1C(=O)c2ccc(CBr)cc2C1=O. The lowest BCUT2D eigenvalue weighted by Crippen LogP contribution is -2.47. The van der Waals surface area contributed by atoms with Crippen molar-refractivity contribution < 1.29 is 19.2 Å². The Morgan fingerprint density at radius 2 is 1.95 bits per heavy atom. The summed E-state index contributed by atoms with van der Waals surface area (Å²) in [6.07, 6.45) is 0.709. The van der Waals surface area contributed by atoms with Gasteiger partial charge in [-0.1, -0.05) is 22.0 Å². The maximum atomic E-state index is 12.4. The Hall–Kier alpha value is -2.02. The van der Waals surface area contributed by atoms with Crippen molar-refractivity contribution in [2.45, 2.75) is 24.2 Å². The highest BCUT2D eigenvalue weighted by Gasteiger charge is 2.41. The van der Waals surface area contributed by atoms with Crippen molar-refractivity contribution in [1.82, 2.24) is 4.90 Å². The number of amides is 3.